The summed E-state index contributed by atoms with van der Waals surface area (Å²) in [7, 11) is 0. The number of carbonyl (C=O) groups is 1. The molecule has 0 saturated carbocycles. The SMILES string of the molecule is O=C(CCCCCC/C=C\CCCCCCCCO)CC(F)(F)F. The molecule has 0 radical (unpaired) electrons. The van der Waals surface area contributed by atoms with E-state index in [4.69, 9.17) is 5.11 Å². The fraction of sp³-hybridized carbons (Fsp3) is 0.842. The normalized spacial score (nSPS) is 12.2. The molecule has 0 amide bonds. The number of aliphatic hydroxyl groups is 1. The predicted molar refractivity (Wildman–Crippen MR) is 91.9 cm³/mol. The van der Waals surface area contributed by atoms with E-state index in [1.807, 2.05) is 0 Å². The summed E-state index contributed by atoms with van der Waals surface area (Å²) >= 11 is 0. The molecule has 0 aromatic rings. The fourth-order valence-corrected chi connectivity index (χ4v) is 2.57. The number of allylic oxidation sites excluding steroid dienone is 2. The van der Waals surface area contributed by atoms with Crippen molar-refractivity contribution in [3.8, 4) is 0 Å². The lowest BCUT2D eigenvalue weighted by Crippen LogP contribution is -2.14. The van der Waals surface area contributed by atoms with E-state index >= 15 is 0 Å². The molecule has 0 heterocycles. The first-order valence-electron chi connectivity index (χ1n) is 9.30. The summed E-state index contributed by atoms with van der Waals surface area (Å²) in [6.45, 7) is 0.298. The summed E-state index contributed by atoms with van der Waals surface area (Å²) < 4.78 is 35.9. The lowest BCUT2D eigenvalue weighted by atomic mass is 10.1. The third-order valence-electron chi connectivity index (χ3n) is 3.92. The van der Waals surface area contributed by atoms with Gasteiger partial charge in [0.05, 0.1) is 0 Å². The van der Waals surface area contributed by atoms with Crippen molar-refractivity contribution in [1.29, 1.82) is 0 Å². The Morgan fingerprint density at radius 1 is 0.750 bits per heavy atom. The molecule has 0 aliphatic heterocycles. The van der Waals surface area contributed by atoms with Gasteiger partial charge in [-0.2, -0.15) is 13.2 Å². The molecule has 0 rings (SSSR count). The number of carbonyl (C=O) groups excluding carboxylic acids is 1. The van der Waals surface area contributed by atoms with Gasteiger partial charge in [-0.25, -0.2) is 0 Å². The molecule has 5 heteroatoms. The van der Waals surface area contributed by atoms with E-state index in [1.165, 1.54) is 25.7 Å². The molecule has 0 unspecified atom stereocenters. The van der Waals surface area contributed by atoms with Gasteiger partial charge in [0.1, 0.15) is 12.2 Å². The molecule has 24 heavy (non-hydrogen) atoms. The highest BCUT2D eigenvalue weighted by atomic mass is 19.4. The second-order valence-electron chi connectivity index (χ2n) is 6.39. The van der Waals surface area contributed by atoms with Crippen LogP contribution in [0.15, 0.2) is 12.2 Å². The summed E-state index contributed by atoms with van der Waals surface area (Å²) in [4.78, 5) is 11.1. The van der Waals surface area contributed by atoms with Gasteiger partial charge in [-0.3, -0.25) is 4.79 Å². The van der Waals surface area contributed by atoms with Crippen LogP contribution in [0.1, 0.15) is 89.9 Å². The monoisotopic (exact) mass is 350 g/mol. The van der Waals surface area contributed by atoms with Crippen LogP contribution in [0, 0.1) is 0 Å². The topological polar surface area (TPSA) is 37.3 Å². The van der Waals surface area contributed by atoms with Crippen LogP contribution in [0.4, 0.5) is 13.2 Å². The van der Waals surface area contributed by atoms with Gasteiger partial charge in [-0.05, 0) is 38.5 Å². The Bertz CT molecular complexity index is 325. The first-order valence-corrected chi connectivity index (χ1v) is 9.30. The molecule has 0 bridgehead atoms. The van der Waals surface area contributed by atoms with Crippen molar-refractivity contribution in [2.24, 2.45) is 0 Å². The van der Waals surface area contributed by atoms with Gasteiger partial charge >= 0.3 is 6.18 Å². The van der Waals surface area contributed by atoms with Crippen molar-refractivity contribution in [1.82, 2.24) is 0 Å². The molecule has 1 N–H and O–H groups in total. The molecule has 0 aliphatic rings. The average Bonchev–Trinajstić information content (AvgIpc) is 2.49. The zero-order valence-corrected chi connectivity index (χ0v) is 14.8. The third kappa shape index (κ3) is 19.2. The maximum absolute atomic E-state index is 12.0. The van der Waals surface area contributed by atoms with E-state index in [0.29, 0.717) is 13.0 Å². The van der Waals surface area contributed by atoms with Gasteiger partial charge in [-0.1, -0.05) is 50.7 Å². The van der Waals surface area contributed by atoms with Crippen LogP contribution < -0.4 is 0 Å². The van der Waals surface area contributed by atoms with E-state index in [-0.39, 0.29) is 6.42 Å². The Labute approximate surface area is 144 Å². The molecule has 0 aliphatic carbocycles. The summed E-state index contributed by atoms with van der Waals surface area (Å²) in [6.07, 6.45) is 11.2. The van der Waals surface area contributed by atoms with Crippen molar-refractivity contribution in [2.45, 2.75) is 96.1 Å². The van der Waals surface area contributed by atoms with Crippen LogP contribution in [0.25, 0.3) is 0 Å². The highest BCUT2D eigenvalue weighted by molar-refractivity contribution is 5.78. The second kappa shape index (κ2) is 15.7. The largest absolute Gasteiger partial charge is 0.396 e. The number of hydrogen-bond acceptors (Lipinski definition) is 2. The van der Waals surface area contributed by atoms with Crippen molar-refractivity contribution in [3.05, 3.63) is 12.2 Å². The predicted octanol–water partition coefficient (Wildman–Crippen LogP) is 6.13. The highest BCUT2D eigenvalue weighted by Crippen LogP contribution is 2.21. The fourth-order valence-electron chi connectivity index (χ4n) is 2.57. The van der Waals surface area contributed by atoms with Gasteiger partial charge in [-0.15, -0.1) is 0 Å². The quantitative estimate of drug-likeness (QED) is 0.269. The molecular weight excluding hydrogens is 317 g/mol. The number of rotatable bonds is 16. The van der Waals surface area contributed by atoms with Gasteiger partial charge in [0.25, 0.3) is 0 Å². The Kier molecular flexibility index (Phi) is 15.1. The summed E-state index contributed by atoms with van der Waals surface area (Å²) in [6, 6.07) is 0. The first kappa shape index (κ1) is 23.2. The Balaban J connectivity index is 3.25. The average molecular weight is 350 g/mol. The molecule has 0 aromatic carbocycles. The number of halogens is 3. The molecule has 0 spiro atoms. The molecule has 0 aromatic heterocycles. The van der Waals surface area contributed by atoms with Gasteiger partial charge in [0, 0.05) is 13.0 Å². The van der Waals surface area contributed by atoms with Gasteiger partial charge in [0.2, 0.25) is 0 Å². The van der Waals surface area contributed by atoms with Crippen molar-refractivity contribution >= 4 is 5.78 Å². The number of aliphatic hydroxyl groups excluding tert-OH is 1. The summed E-state index contributed by atoms with van der Waals surface area (Å²) in [5.74, 6) is -0.696. The van der Waals surface area contributed by atoms with E-state index in [2.05, 4.69) is 12.2 Å². The molecular formula is C19H33F3O2. The van der Waals surface area contributed by atoms with Crippen LogP contribution in [0.2, 0.25) is 0 Å². The van der Waals surface area contributed by atoms with Gasteiger partial charge < -0.3 is 5.11 Å². The zero-order valence-electron chi connectivity index (χ0n) is 14.8. The van der Waals surface area contributed by atoms with Crippen LogP contribution in [0.5, 0.6) is 0 Å². The van der Waals surface area contributed by atoms with Crippen LogP contribution in [-0.2, 0) is 4.79 Å². The highest BCUT2D eigenvalue weighted by Gasteiger charge is 2.30. The maximum atomic E-state index is 12.0. The molecule has 0 fully saturated rings. The lowest BCUT2D eigenvalue weighted by Gasteiger charge is -2.04. The Morgan fingerprint density at radius 2 is 1.21 bits per heavy atom. The zero-order chi connectivity index (χ0) is 18.1. The molecule has 0 saturated heterocycles. The van der Waals surface area contributed by atoms with Crippen molar-refractivity contribution in [3.63, 3.8) is 0 Å². The number of alkyl halides is 3. The minimum atomic E-state index is -4.36. The van der Waals surface area contributed by atoms with E-state index in [1.54, 1.807) is 0 Å². The molecule has 2 nitrogen and oxygen atoms in total. The lowest BCUT2D eigenvalue weighted by molar-refractivity contribution is -0.152. The summed E-state index contributed by atoms with van der Waals surface area (Å²) in [5.41, 5.74) is 0. The first-order chi connectivity index (χ1) is 11.5. The smallest absolute Gasteiger partial charge is 0.395 e. The van der Waals surface area contributed by atoms with Crippen molar-refractivity contribution in [2.75, 3.05) is 6.61 Å². The minimum absolute atomic E-state index is 0.0493. The van der Waals surface area contributed by atoms with E-state index < -0.39 is 18.4 Å². The number of ketones is 1. The standard InChI is InChI=1S/C19H33F3O2/c20-19(21,22)17-18(24)15-13-11-9-7-5-3-1-2-4-6-8-10-12-14-16-23/h1,3,23H,2,4-17H2/b3-1-. The molecule has 0 atom stereocenters. The molecule has 142 valence electrons. The van der Waals surface area contributed by atoms with Crippen LogP contribution in [0.3, 0.4) is 0 Å². The Morgan fingerprint density at radius 3 is 1.71 bits per heavy atom. The van der Waals surface area contributed by atoms with Crippen molar-refractivity contribution < 1.29 is 23.1 Å². The van der Waals surface area contributed by atoms with Crippen LogP contribution in [-0.4, -0.2) is 23.7 Å². The summed E-state index contributed by atoms with van der Waals surface area (Å²) in [5, 5.41) is 8.66. The Hall–Kier alpha value is -0.840. The van der Waals surface area contributed by atoms with E-state index in [9.17, 15) is 18.0 Å². The number of unbranched alkanes of at least 4 members (excludes halogenated alkanes) is 10. The van der Waals surface area contributed by atoms with Gasteiger partial charge in [0.15, 0.2) is 0 Å². The van der Waals surface area contributed by atoms with E-state index in [0.717, 1.165) is 44.9 Å². The van der Waals surface area contributed by atoms with Crippen LogP contribution >= 0.6 is 0 Å². The third-order valence-corrected chi connectivity index (χ3v) is 3.92. The number of Topliss-reactive ketones (excluding diaryl/α,β-unsaturated/α-hetero) is 1. The number of hydrogen-bond donors (Lipinski definition) is 1. The maximum Gasteiger partial charge on any atom is 0.395 e. The second-order valence-corrected chi connectivity index (χ2v) is 6.39. The minimum Gasteiger partial charge on any atom is -0.396 e.